The Kier molecular flexibility index (Phi) is 4.80. The Morgan fingerprint density at radius 3 is 2.67 bits per heavy atom. The summed E-state index contributed by atoms with van der Waals surface area (Å²) in [6.45, 7) is 5.23. The van der Waals surface area contributed by atoms with Gasteiger partial charge in [0.15, 0.2) is 5.11 Å². The van der Waals surface area contributed by atoms with Crippen LogP contribution in [0.15, 0.2) is 0 Å². The largest absolute Gasteiger partial charge is 0.375 e. The van der Waals surface area contributed by atoms with Gasteiger partial charge in [-0.2, -0.15) is 0 Å². The Morgan fingerprint density at radius 2 is 2.13 bits per heavy atom. The molecular formula is C11H22N2OS. The summed E-state index contributed by atoms with van der Waals surface area (Å²) in [5.41, 5.74) is 0.0687. The van der Waals surface area contributed by atoms with Crippen molar-refractivity contribution in [3.05, 3.63) is 0 Å². The van der Waals surface area contributed by atoms with E-state index in [2.05, 4.69) is 24.5 Å². The molecule has 0 radical (unpaired) electrons. The molecular weight excluding hydrogens is 208 g/mol. The summed E-state index contributed by atoms with van der Waals surface area (Å²) in [7, 11) is 1.85. The highest BCUT2D eigenvalue weighted by Gasteiger charge is 2.34. The monoisotopic (exact) mass is 230 g/mol. The van der Waals surface area contributed by atoms with Crippen molar-refractivity contribution in [2.24, 2.45) is 0 Å². The van der Waals surface area contributed by atoms with E-state index in [1.807, 2.05) is 7.05 Å². The van der Waals surface area contributed by atoms with Gasteiger partial charge in [-0.15, -0.1) is 0 Å². The van der Waals surface area contributed by atoms with Crippen LogP contribution in [-0.4, -0.2) is 30.4 Å². The topological polar surface area (TPSA) is 33.3 Å². The average molecular weight is 230 g/mol. The van der Waals surface area contributed by atoms with Crippen LogP contribution in [0.1, 0.15) is 39.5 Å². The summed E-state index contributed by atoms with van der Waals surface area (Å²) in [4.78, 5) is 0. The lowest BCUT2D eigenvalue weighted by molar-refractivity contribution is -0.0910. The normalized spacial score (nSPS) is 24.6. The molecule has 4 heteroatoms. The van der Waals surface area contributed by atoms with Crippen molar-refractivity contribution in [2.45, 2.75) is 51.2 Å². The maximum atomic E-state index is 5.91. The zero-order chi connectivity index (χ0) is 11.3. The zero-order valence-corrected chi connectivity index (χ0v) is 10.7. The van der Waals surface area contributed by atoms with Crippen molar-refractivity contribution < 1.29 is 4.74 Å². The lowest BCUT2D eigenvalue weighted by atomic mass is 9.86. The number of rotatable bonds is 3. The van der Waals surface area contributed by atoms with E-state index < -0.39 is 0 Å². The van der Waals surface area contributed by atoms with Crippen LogP contribution in [0.4, 0.5) is 0 Å². The third-order valence-corrected chi connectivity index (χ3v) is 3.67. The highest BCUT2D eigenvalue weighted by molar-refractivity contribution is 7.80. The van der Waals surface area contributed by atoms with Crippen molar-refractivity contribution in [1.29, 1.82) is 0 Å². The molecule has 0 saturated carbocycles. The van der Waals surface area contributed by atoms with Gasteiger partial charge in [-0.1, -0.05) is 13.8 Å². The second-order valence-corrected chi connectivity index (χ2v) is 4.56. The van der Waals surface area contributed by atoms with Crippen LogP contribution in [-0.2, 0) is 4.74 Å². The molecule has 88 valence electrons. The van der Waals surface area contributed by atoms with Gasteiger partial charge in [-0.3, -0.25) is 0 Å². The Bertz CT molecular complexity index is 217. The molecule has 1 rings (SSSR count). The third kappa shape index (κ3) is 3.31. The average Bonchev–Trinajstić information content (AvgIpc) is 2.29. The molecule has 1 atom stereocenters. The SMILES string of the molecule is CCC1(CC)CC(NC(=S)NC)CCO1. The summed E-state index contributed by atoms with van der Waals surface area (Å²) in [6, 6.07) is 0.457. The molecule has 0 aromatic rings. The third-order valence-electron chi connectivity index (χ3n) is 3.34. The first-order valence-electron chi connectivity index (χ1n) is 5.78. The van der Waals surface area contributed by atoms with Gasteiger partial charge in [0, 0.05) is 19.7 Å². The number of thiocarbonyl (C=S) groups is 1. The fraction of sp³-hybridized carbons (Fsp3) is 0.909. The van der Waals surface area contributed by atoms with Crippen LogP contribution in [0, 0.1) is 0 Å². The number of nitrogens with one attached hydrogen (secondary N) is 2. The molecule has 0 aliphatic carbocycles. The molecule has 1 heterocycles. The Labute approximate surface area is 98.0 Å². The van der Waals surface area contributed by atoms with Gasteiger partial charge >= 0.3 is 0 Å². The van der Waals surface area contributed by atoms with Gasteiger partial charge in [0.25, 0.3) is 0 Å². The van der Waals surface area contributed by atoms with Gasteiger partial charge in [-0.05, 0) is 37.9 Å². The van der Waals surface area contributed by atoms with Crippen LogP contribution in [0.5, 0.6) is 0 Å². The molecule has 1 unspecified atom stereocenters. The smallest absolute Gasteiger partial charge is 0.166 e. The van der Waals surface area contributed by atoms with Crippen LogP contribution >= 0.6 is 12.2 Å². The van der Waals surface area contributed by atoms with Crippen molar-refractivity contribution in [2.75, 3.05) is 13.7 Å². The molecule has 0 spiro atoms. The molecule has 1 fully saturated rings. The summed E-state index contributed by atoms with van der Waals surface area (Å²) in [6.07, 6.45) is 4.26. The number of ether oxygens (including phenoxy) is 1. The first-order chi connectivity index (χ1) is 7.15. The highest BCUT2D eigenvalue weighted by Crippen LogP contribution is 2.31. The fourth-order valence-electron chi connectivity index (χ4n) is 2.15. The first-order valence-corrected chi connectivity index (χ1v) is 6.19. The minimum atomic E-state index is 0.0687. The van der Waals surface area contributed by atoms with Gasteiger partial charge in [-0.25, -0.2) is 0 Å². The van der Waals surface area contributed by atoms with Gasteiger partial charge in [0.05, 0.1) is 5.60 Å². The van der Waals surface area contributed by atoms with E-state index >= 15 is 0 Å². The molecule has 1 aliphatic heterocycles. The Hall–Kier alpha value is -0.350. The van der Waals surface area contributed by atoms with E-state index in [1.165, 1.54) is 0 Å². The van der Waals surface area contributed by atoms with Gasteiger partial charge < -0.3 is 15.4 Å². The zero-order valence-electron chi connectivity index (χ0n) is 9.93. The van der Waals surface area contributed by atoms with E-state index in [4.69, 9.17) is 17.0 Å². The molecule has 0 amide bonds. The maximum absolute atomic E-state index is 5.91. The maximum Gasteiger partial charge on any atom is 0.166 e. The van der Waals surface area contributed by atoms with Crippen molar-refractivity contribution in [3.8, 4) is 0 Å². The summed E-state index contributed by atoms with van der Waals surface area (Å²) < 4.78 is 5.91. The molecule has 3 nitrogen and oxygen atoms in total. The van der Waals surface area contributed by atoms with Crippen LogP contribution in [0.3, 0.4) is 0 Å². The quantitative estimate of drug-likeness (QED) is 0.725. The summed E-state index contributed by atoms with van der Waals surface area (Å²) >= 11 is 5.12. The second kappa shape index (κ2) is 5.66. The summed E-state index contributed by atoms with van der Waals surface area (Å²) in [5.74, 6) is 0. The van der Waals surface area contributed by atoms with Crippen molar-refractivity contribution in [3.63, 3.8) is 0 Å². The minimum Gasteiger partial charge on any atom is -0.375 e. The van der Waals surface area contributed by atoms with E-state index in [0.29, 0.717) is 6.04 Å². The molecule has 0 aromatic heterocycles. The van der Waals surface area contributed by atoms with Crippen molar-refractivity contribution in [1.82, 2.24) is 10.6 Å². The van der Waals surface area contributed by atoms with E-state index in [-0.39, 0.29) is 5.60 Å². The minimum absolute atomic E-state index is 0.0687. The van der Waals surface area contributed by atoms with Gasteiger partial charge in [0.2, 0.25) is 0 Å². The predicted octanol–water partition coefficient (Wildman–Crippen LogP) is 1.82. The van der Waals surface area contributed by atoms with E-state index in [1.54, 1.807) is 0 Å². The summed E-state index contributed by atoms with van der Waals surface area (Å²) in [5, 5.41) is 7.03. The van der Waals surface area contributed by atoms with Gasteiger partial charge in [0.1, 0.15) is 0 Å². The molecule has 0 bridgehead atoms. The van der Waals surface area contributed by atoms with Crippen LogP contribution in [0.2, 0.25) is 0 Å². The number of hydrogen-bond donors (Lipinski definition) is 2. The molecule has 2 N–H and O–H groups in total. The van der Waals surface area contributed by atoms with Crippen molar-refractivity contribution >= 4 is 17.3 Å². The Balaban J connectivity index is 2.51. The molecule has 1 aliphatic rings. The fourth-order valence-corrected chi connectivity index (χ4v) is 2.32. The Morgan fingerprint density at radius 1 is 1.47 bits per heavy atom. The predicted molar refractivity (Wildman–Crippen MR) is 67.1 cm³/mol. The first kappa shape index (κ1) is 12.7. The molecule has 0 aromatic carbocycles. The second-order valence-electron chi connectivity index (χ2n) is 4.15. The molecule has 1 saturated heterocycles. The lowest BCUT2D eigenvalue weighted by Gasteiger charge is -2.40. The lowest BCUT2D eigenvalue weighted by Crippen LogP contribution is -2.49. The highest BCUT2D eigenvalue weighted by atomic mass is 32.1. The van der Waals surface area contributed by atoms with Crippen LogP contribution < -0.4 is 10.6 Å². The number of hydrogen-bond acceptors (Lipinski definition) is 2. The molecule has 15 heavy (non-hydrogen) atoms. The van der Waals surface area contributed by atoms with E-state index in [0.717, 1.165) is 37.4 Å². The van der Waals surface area contributed by atoms with E-state index in [9.17, 15) is 0 Å². The van der Waals surface area contributed by atoms with Crippen LogP contribution in [0.25, 0.3) is 0 Å². The standard InChI is InChI=1S/C11H22N2OS/c1-4-11(5-2)8-9(6-7-14-11)13-10(15)12-3/h9H,4-8H2,1-3H3,(H2,12,13,15).